The van der Waals surface area contributed by atoms with Gasteiger partial charge in [0.05, 0.1) is 22.9 Å². The van der Waals surface area contributed by atoms with Crippen LogP contribution in [0.1, 0.15) is 17.3 Å². The normalized spacial score (nSPS) is 10.6. The highest BCUT2D eigenvalue weighted by Crippen LogP contribution is 2.24. The molecule has 0 radical (unpaired) electrons. The molecule has 1 aromatic carbocycles. The first-order valence-electron chi connectivity index (χ1n) is 7.83. The smallest absolute Gasteiger partial charge is 0.369 e. The van der Waals surface area contributed by atoms with Gasteiger partial charge in [-0.3, -0.25) is 4.79 Å². The third-order valence-corrected chi connectivity index (χ3v) is 4.58. The van der Waals surface area contributed by atoms with Crippen molar-refractivity contribution in [1.82, 2.24) is 19.8 Å². The van der Waals surface area contributed by atoms with Gasteiger partial charge in [-0.15, -0.1) is 11.3 Å². The highest BCUT2D eigenvalue weighted by atomic mass is 35.5. The summed E-state index contributed by atoms with van der Waals surface area (Å²) in [6.07, 6.45) is 0. The number of anilines is 1. The van der Waals surface area contributed by atoms with E-state index in [4.69, 9.17) is 16.3 Å². The van der Waals surface area contributed by atoms with Crippen molar-refractivity contribution < 1.29 is 14.3 Å². The summed E-state index contributed by atoms with van der Waals surface area (Å²) < 4.78 is 6.84. The zero-order valence-corrected chi connectivity index (χ0v) is 15.7. The Labute approximate surface area is 162 Å². The van der Waals surface area contributed by atoms with E-state index in [1.165, 1.54) is 11.3 Å². The predicted octanol–water partition coefficient (Wildman–Crippen LogP) is 1.96. The number of aromatic nitrogens is 4. The molecule has 140 valence electrons. The number of nitrogens with zero attached hydrogens (tertiary/aromatic N) is 4. The lowest BCUT2D eigenvalue weighted by molar-refractivity contribution is -0.117. The van der Waals surface area contributed by atoms with Crippen molar-refractivity contribution in [2.75, 3.05) is 11.9 Å². The van der Waals surface area contributed by atoms with Crippen LogP contribution in [-0.2, 0) is 16.1 Å². The lowest BCUT2D eigenvalue weighted by Crippen LogP contribution is -2.30. The molecule has 0 unspecified atom stereocenters. The maximum Gasteiger partial charge on any atom is 0.369 e. The maximum absolute atomic E-state index is 12.4. The minimum atomic E-state index is -0.616. The van der Waals surface area contributed by atoms with Gasteiger partial charge in [0.1, 0.15) is 11.5 Å². The summed E-state index contributed by atoms with van der Waals surface area (Å²) in [6.45, 7) is 1.54. The Balaban J connectivity index is 1.75. The van der Waals surface area contributed by atoms with Crippen LogP contribution in [0.2, 0.25) is 5.02 Å². The molecule has 0 atom stereocenters. The van der Waals surface area contributed by atoms with Crippen LogP contribution in [0, 0.1) is 0 Å². The van der Waals surface area contributed by atoms with Crippen LogP contribution in [0.4, 0.5) is 5.00 Å². The number of carbonyl (C=O) groups excluding carboxylic acids is 2. The standard InChI is InChI=1S/C16H14ClN5O4S/c1-2-26-15(24)10-7-8-27-14(10)18-13(23)9-21-16(25)22(20-19-21)12-6-4-3-5-11(12)17/h3-8H,2,9H2,1H3,(H,18,23). The summed E-state index contributed by atoms with van der Waals surface area (Å²) in [6, 6.07) is 8.20. The number of thiophene rings is 1. The molecule has 3 aromatic rings. The minimum Gasteiger partial charge on any atom is -0.462 e. The molecule has 0 aliphatic rings. The number of nitrogens with one attached hydrogen (secondary N) is 1. The van der Waals surface area contributed by atoms with E-state index >= 15 is 0 Å². The molecule has 0 spiro atoms. The van der Waals surface area contributed by atoms with E-state index in [9.17, 15) is 14.4 Å². The highest BCUT2D eigenvalue weighted by Gasteiger charge is 2.18. The fourth-order valence-electron chi connectivity index (χ4n) is 2.23. The first-order chi connectivity index (χ1) is 13.0. The third kappa shape index (κ3) is 4.07. The number of benzene rings is 1. The molecule has 3 rings (SSSR count). The quantitative estimate of drug-likeness (QED) is 0.626. The Morgan fingerprint density at radius 2 is 2.04 bits per heavy atom. The van der Waals surface area contributed by atoms with E-state index in [1.54, 1.807) is 42.6 Å². The zero-order valence-electron chi connectivity index (χ0n) is 14.1. The molecular formula is C16H14ClN5O4S. The monoisotopic (exact) mass is 407 g/mol. The van der Waals surface area contributed by atoms with E-state index in [0.29, 0.717) is 15.7 Å². The Hall–Kier alpha value is -2.98. The average Bonchev–Trinajstić information content (AvgIpc) is 3.23. The summed E-state index contributed by atoms with van der Waals surface area (Å²) >= 11 is 7.23. The summed E-state index contributed by atoms with van der Waals surface area (Å²) in [7, 11) is 0. The number of esters is 1. The lowest BCUT2D eigenvalue weighted by atomic mass is 10.3. The Morgan fingerprint density at radius 1 is 1.26 bits per heavy atom. The largest absolute Gasteiger partial charge is 0.462 e. The molecule has 0 aliphatic heterocycles. The number of carbonyl (C=O) groups is 2. The third-order valence-electron chi connectivity index (χ3n) is 3.43. The molecule has 1 N–H and O–H groups in total. The molecule has 0 bridgehead atoms. The number of rotatable bonds is 6. The van der Waals surface area contributed by atoms with Crippen molar-refractivity contribution in [1.29, 1.82) is 0 Å². The van der Waals surface area contributed by atoms with Crippen LogP contribution in [0.3, 0.4) is 0 Å². The molecule has 0 saturated heterocycles. The molecule has 0 fully saturated rings. The van der Waals surface area contributed by atoms with Crippen LogP contribution >= 0.6 is 22.9 Å². The van der Waals surface area contributed by atoms with Gasteiger partial charge in [-0.25, -0.2) is 9.59 Å². The summed E-state index contributed by atoms with van der Waals surface area (Å²) in [5.41, 5.74) is -0.00371. The summed E-state index contributed by atoms with van der Waals surface area (Å²) in [4.78, 5) is 36.5. The van der Waals surface area contributed by atoms with Gasteiger partial charge in [0.2, 0.25) is 5.91 Å². The van der Waals surface area contributed by atoms with Crippen molar-refractivity contribution in [2.45, 2.75) is 13.5 Å². The van der Waals surface area contributed by atoms with E-state index < -0.39 is 17.6 Å². The van der Waals surface area contributed by atoms with Gasteiger partial charge in [0.25, 0.3) is 0 Å². The van der Waals surface area contributed by atoms with E-state index in [1.807, 2.05) is 0 Å². The Morgan fingerprint density at radius 3 is 2.78 bits per heavy atom. The topological polar surface area (TPSA) is 108 Å². The molecule has 27 heavy (non-hydrogen) atoms. The van der Waals surface area contributed by atoms with Gasteiger partial charge < -0.3 is 10.1 Å². The van der Waals surface area contributed by atoms with E-state index in [0.717, 1.165) is 9.36 Å². The van der Waals surface area contributed by atoms with Crippen LogP contribution in [0.25, 0.3) is 5.69 Å². The maximum atomic E-state index is 12.4. The molecule has 2 heterocycles. The predicted molar refractivity (Wildman–Crippen MR) is 99.5 cm³/mol. The van der Waals surface area contributed by atoms with Gasteiger partial charge >= 0.3 is 11.7 Å². The molecule has 9 nitrogen and oxygen atoms in total. The van der Waals surface area contributed by atoms with Crippen molar-refractivity contribution in [3.05, 3.63) is 56.8 Å². The van der Waals surface area contributed by atoms with Gasteiger partial charge in [-0.05, 0) is 40.9 Å². The van der Waals surface area contributed by atoms with Crippen LogP contribution in [0.5, 0.6) is 0 Å². The Kier molecular flexibility index (Phi) is 5.67. The van der Waals surface area contributed by atoms with Crippen molar-refractivity contribution in [3.63, 3.8) is 0 Å². The number of hydrogen-bond donors (Lipinski definition) is 1. The fourth-order valence-corrected chi connectivity index (χ4v) is 3.23. The van der Waals surface area contributed by atoms with Gasteiger partial charge in [-0.2, -0.15) is 9.36 Å². The van der Waals surface area contributed by atoms with Crippen molar-refractivity contribution >= 4 is 39.8 Å². The Bertz CT molecular complexity index is 1040. The second kappa shape index (κ2) is 8.14. The van der Waals surface area contributed by atoms with Gasteiger partial charge in [-0.1, -0.05) is 23.7 Å². The number of halogens is 1. The summed E-state index contributed by atoms with van der Waals surface area (Å²) in [5, 5.41) is 12.3. The van der Waals surface area contributed by atoms with Gasteiger partial charge in [0, 0.05) is 0 Å². The van der Waals surface area contributed by atoms with E-state index in [2.05, 4.69) is 15.7 Å². The SMILES string of the molecule is CCOC(=O)c1ccsc1NC(=O)Cn1nnn(-c2ccccc2Cl)c1=O. The second-order valence-electron chi connectivity index (χ2n) is 5.21. The average molecular weight is 408 g/mol. The molecule has 0 saturated carbocycles. The van der Waals surface area contributed by atoms with Crippen LogP contribution in [0.15, 0.2) is 40.5 Å². The molecule has 0 aliphatic carbocycles. The molecular weight excluding hydrogens is 394 g/mol. The van der Waals surface area contributed by atoms with E-state index in [-0.39, 0.29) is 18.7 Å². The molecule has 1 amide bonds. The first-order valence-corrected chi connectivity index (χ1v) is 9.09. The molecule has 11 heteroatoms. The second-order valence-corrected chi connectivity index (χ2v) is 6.54. The number of para-hydroxylation sites is 1. The first kappa shape index (κ1) is 18.8. The highest BCUT2D eigenvalue weighted by molar-refractivity contribution is 7.14. The van der Waals surface area contributed by atoms with Crippen molar-refractivity contribution in [2.24, 2.45) is 0 Å². The number of hydrogen-bond acceptors (Lipinski definition) is 7. The number of amides is 1. The fraction of sp³-hybridized carbons (Fsp3) is 0.188. The minimum absolute atomic E-state index is 0.225. The number of ether oxygens (including phenoxy) is 1. The van der Waals surface area contributed by atoms with Crippen molar-refractivity contribution in [3.8, 4) is 5.69 Å². The number of tetrazole rings is 1. The molecule has 2 aromatic heterocycles. The zero-order chi connectivity index (χ0) is 19.4. The van der Waals surface area contributed by atoms with Gasteiger partial charge in [0.15, 0.2) is 0 Å². The van der Waals surface area contributed by atoms with Crippen LogP contribution in [-0.4, -0.2) is 38.3 Å². The van der Waals surface area contributed by atoms with Crippen LogP contribution < -0.4 is 11.0 Å². The lowest BCUT2D eigenvalue weighted by Gasteiger charge is -2.05. The summed E-state index contributed by atoms with van der Waals surface area (Å²) in [5.74, 6) is -1.06.